The predicted octanol–water partition coefficient (Wildman–Crippen LogP) is 33.7. The van der Waals surface area contributed by atoms with Gasteiger partial charge in [-0.25, -0.2) is 8.78 Å². The third-order valence-corrected chi connectivity index (χ3v) is 36.8. The van der Waals surface area contributed by atoms with Gasteiger partial charge in [-0.15, -0.1) is 36.4 Å². The van der Waals surface area contributed by atoms with E-state index in [1.807, 2.05) is 118 Å². The van der Waals surface area contributed by atoms with Crippen LogP contribution >= 0.6 is 22.7 Å². The summed E-state index contributed by atoms with van der Waals surface area (Å²) in [6, 6.07) is 126. The summed E-state index contributed by atoms with van der Waals surface area (Å²) in [4.78, 5) is 19.8. The summed E-state index contributed by atoms with van der Waals surface area (Å²) < 4.78 is 63.0. The van der Waals surface area contributed by atoms with Crippen LogP contribution in [-0.2, 0) is 40.2 Å². The molecule has 23 aromatic rings. The van der Waals surface area contributed by atoms with Gasteiger partial charge in [0.1, 0.15) is 22.8 Å². The van der Waals surface area contributed by atoms with Crippen molar-refractivity contribution in [1.29, 1.82) is 0 Å². The number of fused-ring (bicyclic) bond motifs is 13. The Morgan fingerprint density at radius 2 is 0.899 bits per heavy atom. The molecule has 7 aromatic heterocycles. The molecular weight excluding hydrogens is 2210 g/mol. The number of hydrogen-bond acceptors (Lipinski definition) is 7. The van der Waals surface area contributed by atoms with Crippen molar-refractivity contribution in [2.75, 3.05) is 0 Å². The molecule has 23 rings (SSSR count). The summed E-state index contributed by atoms with van der Waals surface area (Å²) in [6.07, 6.45) is 4.04. The van der Waals surface area contributed by atoms with E-state index < -0.39 is 38.3 Å². The number of aromatic nitrogens is 6. The minimum Gasteiger partial charge on any atom is 0 e. The van der Waals surface area contributed by atoms with Gasteiger partial charge in [0.25, 0.3) is 0 Å². The largest absolute Gasteiger partial charge is 0 e. The normalized spacial score (nSPS) is 12.4. The topological polar surface area (TPSA) is 74.6 Å². The fourth-order valence-corrected chi connectivity index (χ4v) is 27.8. The zero-order valence-corrected chi connectivity index (χ0v) is 89.9. The van der Waals surface area contributed by atoms with E-state index in [9.17, 15) is 8.78 Å². The summed E-state index contributed by atoms with van der Waals surface area (Å²) in [6.45, 7) is 16.7. The summed E-state index contributed by atoms with van der Waals surface area (Å²) in [7, 11) is 0. The van der Waals surface area contributed by atoms with Gasteiger partial charge in [0.05, 0.1) is 33.7 Å². The Morgan fingerprint density at radius 1 is 0.384 bits per heavy atom. The van der Waals surface area contributed by atoms with E-state index in [-0.39, 0.29) is 57.8 Å². The zero-order valence-electron chi connectivity index (χ0n) is 81.3. The van der Waals surface area contributed by atoms with Crippen molar-refractivity contribution >= 4 is 153 Å². The van der Waals surface area contributed by atoms with Gasteiger partial charge in [0.2, 0.25) is 0 Å². The number of pyridine rings is 2. The quantitative estimate of drug-likeness (QED) is 0.0755. The molecular formula is C123H102F2Ge2Ir2N6OS2-4. The minimum atomic E-state index is -2.10. The smallest absolute Gasteiger partial charge is 0 e. The molecule has 0 fully saturated rings. The molecule has 7 nitrogen and oxygen atoms in total. The molecule has 0 amide bonds. The first kappa shape index (κ1) is 93.2. The van der Waals surface area contributed by atoms with E-state index in [2.05, 4.69) is 326 Å². The monoisotopic (exact) mass is 2320 g/mol. The standard InChI is InChI=1S/C43H24FN2OS.C43H28FN2S.C20H28GeN.C17H22GeN.2Ir/c44-29-19-22-39-35(25-29)31-20-17-27(23-40(31)47-39)28-18-21-32-33-12-8-13-34(42(33)48-41(32)24-28)43-45-36-14-5-7-16-38(36)46(43)37-15-6-4-11-30(37)26-9-2-1-3-10-26;1-26-23-32(28-9-4-3-5-10-28)24-27(2)40(26)46-39-14-7-6-13-38(39)45-43(46)37-12-8-11-35-36-22-18-31-25-30(29-15-19-33(44)20-16-29)17-21-34(31)41(36)47-42(35)37;1-14(2)16(4)18-12-20(17-10-8-9-15(3)11-17)22-13-19(18)21(5,6)7;1-13(2)15-11-17(14-9-7-6-8-10-14)19-12-16(15)18(3,4)5;;/h1-12,14-25H;3-11,13-25H,1-2H3;8-9,11-14,16H,1-7H3;6-9,11-13H,1-5H3;;/q4*-1;;/i;;16D;13D;;. The van der Waals surface area contributed by atoms with Crippen molar-refractivity contribution in [3.05, 3.63) is 410 Å². The van der Waals surface area contributed by atoms with E-state index in [0.717, 1.165) is 150 Å². The number of aryl methyl sites for hydroxylation is 3. The predicted molar refractivity (Wildman–Crippen MR) is 577 cm³/mol. The van der Waals surface area contributed by atoms with Crippen molar-refractivity contribution < 1.29 is 56.2 Å². The number of furan rings is 1. The van der Waals surface area contributed by atoms with Crippen LogP contribution in [0.1, 0.15) is 77.0 Å². The number of thiophene rings is 2. The maximum absolute atomic E-state index is 14.0. The van der Waals surface area contributed by atoms with E-state index in [1.54, 1.807) is 28.7 Å². The zero-order chi connectivity index (χ0) is 95.8. The van der Waals surface area contributed by atoms with Crippen molar-refractivity contribution in [2.45, 2.75) is 102 Å². The molecule has 2 radical (unpaired) electrons. The second-order valence-electron chi connectivity index (χ2n) is 37.8. The second kappa shape index (κ2) is 40.1. The Balaban J connectivity index is 0.000000131. The molecule has 0 spiro atoms. The fourth-order valence-electron chi connectivity index (χ4n) is 18.8. The molecule has 1 atom stereocenters. The van der Waals surface area contributed by atoms with Crippen LogP contribution in [0.3, 0.4) is 0 Å². The van der Waals surface area contributed by atoms with Crippen LogP contribution in [0.4, 0.5) is 8.78 Å². The maximum Gasteiger partial charge on any atom is 0 e. The van der Waals surface area contributed by atoms with Crippen molar-refractivity contribution in [3.63, 3.8) is 0 Å². The first-order chi connectivity index (χ1) is 66.4. The van der Waals surface area contributed by atoms with Gasteiger partial charge >= 0.3 is 260 Å². The van der Waals surface area contributed by atoms with Crippen molar-refractivity contribution in [3.8, 4) is 101 Å². The summed E-state index contributed by atoms with van der Waals surface area (Å²) in [5.74, 6) is 14.5. The molecule has 0 bridgehead atoms. The van der Waals surface area contributed by atoms with Crippen LogP contribution in [0.25, 0.3) is 196 Å². The van der Waals surface area contributed by atoms with E-state index in [4.69, 9.17) is 22.1 Å². The molecule has 0 aliphatic heterocycles. The Bertz CT molecular complexity index is 8590. The first-order valence-electron chi connectivity index (χ1n) is 47.3. The van der Waals surface area contributed by atoms with Gasteiger partial charge in [-0.2, -0.15) is 22.7 Å². The molecule has 138 heavy (non-hydrogen) atoms. The Kier molecular flexibility index (Phi) is 27.1. The third kappa shape index (κ3) is 19.1. The van der Waals surface area contributed by atoms with E-state index >= 15 is 0 Å². The van der Waals surface area contributed by atoms with Crippen LogP contribution < -0.4 is 8.79 Å². The SMILES string of the molecule is Cc1cc(-c2ccccc2)cc(C)c1-n1c(-c2[c-]ccc3c2sc2c4ccc(-c5ccc(F)cc5)cc4ccc32)nc2ccccc21.Fc1ccc2oc3cc(-c4ccc5c(c4)sc4c(-c6nc7ccccc7n6-c6ccccc6-c6ccccc6)[c-]ccc45)ccc3c2c1.[2H]C(C)(C)c1cc(-c2[c-]cccc2)nc[c]1[Ge]([CH3])([CH3])[CH3].[2H]C(C)(c1cc(-c2[c-]ccc(C)c2)nc[c]1[Ge]([CH3])([CH3])[CH3])C(C)C.[Ir].[Ir]. The van der Waals surface area contributed by atoms with Crippen LogP contribution in [0, 0.1) is 62.6 Å². The molecule has 686 valence electrons. The molecule has 7 heterocycles. The first-order valence-corrected chi connectivity index (χ1v) is 62.6. The summed E-state index contributed by atoms with van der Waals surface area (Å²) >= 11 is -0.552. The number of hydrogen-bond donors (Lipinski definition) is 0. The van der Waals surface area contributed by atoms with Crippen LogP contribution in [0.15, 0.2) is 350 Å². The van der Waals surface area contributed by atoms with Crippen LogP contribution in [0.5, 0.6) is 0 Å². The number of benzene rings is 16. The van der Waals surface area contributed by atoms with Gasteiger partial charge in [0.15, 0.2) is 0 Å². The van der Waals surface area contributed by atoms with Crippen molar-refractivity contribution in [1.82, 2.24) is 29.1 Å². The fraction of sp³-hybridized carbons (Fsp3) is 0.138. The number of nitrogens with zero attached hydrogens (tertiary/aromatic N) is 6. The Morgan fingerprint density at radius 3 is 1.54 bits per heavy atom. The van der Waals surface area contributed by atoms with Crippen LogP contribution in [-0.4, -0.2) is 55.6 Å². The molecule has 0 saturated heterocycles. The minimum absolute atomic E-state index is 0. The molecule has 1 unspecified atom stereocenters. The molecule has 15 heteroatoms. The average molecular weight is 2310 g/mol. The van der Waals surface area contributed by atoms with Crippen LogP contribution in [0.2, 0.25) is 34.5 Å². The second-order valence-corrected chi connectivity index (χ2v) is 61.0. The number of imidazole rings is 2. The van der Waals surface area contributed by atoms with Gasteiger partial charge in [-0.1, -0.05) is 180 Å². The van der Waals surface area contributed by atoms with E-state index in [1.165, 1.54) is 102 Å². The van der Waals surface area contributed by atoms with Gasteiger partial charge < -0.3 is 13.6 Å². The van der Waals surface area contributed by atoms with E-state index in [0.29, 0.717) is 5.58 Å². The third-order valence-electron chi connectivity index (χ3n) is 25.9. The number of halogens is 2. The molecule has 0 saturated carbocycles. The van der Waals surface area contributed by atoms with Gasteiger partial charge in [0, 0.05) is 77.3 Å². The number of rotatable bonds is 15. The average Bonchev–Trinajstić information content (AvgIpc) is 1.58. The Hall–Kier alpha value is -12.5. The number of para-hydroxylation sites is 5. The molecule has 0 aliphatic carbocycles. The maximum atomic E-state index is 14.0. The summed E-state index contributed by atoms with van der Waals surface area (Å²) in [5.41, 5.74) is 28.3. The molecule has 0 aliphatic rings. The van der Waals surface area contributed by atoms with Gasteiger partial charge in [-0.3, -0.25) is 9.97 Å². The van der Waals surface area contributed by atoms with Crippen molar-refractivity contribution in [2.24, 2.45) is 5.92 Å². The van der Waals surface area contributed by atoms with Gasteiger partial charge in [-0.05, 0) is 192 Å². The molecule has 16 aromatic carbocycles. The summed E-state index contributed by atoms with van der Waals surface area (Å²) in [5, 5.41) is 8.87. The molecule has 0 N–H and O–H groups in total. The Labute approximate surface area is 849 Å².